The average Bonchev–Trinajstić information content (AvgIpc) is 2.59. The molecule has 6 nitrogen and oxygen atoms in total. The topological polar surface area (TPSA) is 75.7 Å². The Labute approximate surface area is 159 Å². The molecule has 1 amide bonds. The molecule has 0 saturated heterocycles. The van der Waals surface area contributed by atoms with E-state index in [1.54, 1.807) is 19.1 Å². The van der Waals surface area contributed by atoms with Gasteiger partial charge in [0.25, 0.3) is 0 Å². The van der Waals surface area contributed by atoms with Crippen molar-refractivity contribution in [1.82, 2.24) is 5.32 Å². The Morgan fingerprint density at radius 2 is 1.89 bits per heavy atom. The van der Waals surface area contributed by atoms with Gasteiger partial charge in [0, 0.05) is 0 Å². The summed E-state index contributed by atoms with van der Waals surface area (Å²) >= 11 is 0. The van der Waals surface area contributed by atoms with Crippen LogP contribution in [0.1, 0.15) is 25.5 Å². The molecule has 1 N–H and O–H groups in total. The van der Waals surface area contributed by atoms with Crippen LogP contribution in [0.4, 0.5) is 10.1 Å². The molecule has 2 aromatic carbocycles. The summed E-state index contributed by atoms with van der Waals surface area (Å²) < 4.78 is 43.8. The molecule has 0 saturated carbocycles. The summed E-state index contributed by atoms with van der Waals surface area (Å²) in [5, 5.41) is 2.75. The van der Waals surface area contributed by atoms with E-state index >= 15 is 0 Å². The van der Waals surface area contributed by atoms with Gasteiger partial charge < -0.3 is 10.1 Å². The van der Waals surface area contributed by atoms with Gasteiger partial charge >= 0.3 is 0 Å². The van der Waals surface area contributed by atoms with Crippen molar-refractivity contribution in [2.24, 2.45) is 0 Å². The molecule has 0 aliphatic heterocycles. The lowest BCUT2D eigenvalue weighted by Crippen LogP contribution is -2.41. The second-order valence-electron chi connectivity index (χ2n) is 6.04. The number of benzene rings is 2. The first-order valence-corrected chi connectivity index (χ1v) is 10.3. The number of nitrogens with zero attached hydrogens (tertiary/aromatic N) is 1. The predicted molar refractivity (Wildman–Crippen MR) is 103 cm³/mol. The summed E-state index contributed by atoms with van der Waals surface area (Å²) in [6.45, 7) is 3.81. The number of anilines is 1. The Bertz CT molecular complexity index is 885. The van der Waals surface area contributed by atoms with Crippen molar-refractivity contribution >= 4 is 21.6 Å². The molecular weight excluding hydrogens is 371 g/mol. The molecule has 2 rings (SSSR count). The minimum Gasteiger partial charge on any atom is -0.494 e. The Hall–Kier alpha value is -2.61. The zero-order valence-corrected chi connectivity index (χ0v) is 16.3. The molecule has 1 unspecified atom stereocenters. The summed E-state index contributed by atoms with van der Waals surface area (Å²) in [7, 11) is -3.75. The van der Waals surface area contributed by atoms with E-state index in [1.165, 1.54) is 18.2 Å². The van der Waals surface area contributed by atoms with Gasteiger partial charge in [0.2, 0.25) is 15.9 Å². The lowest BCUT2D eigenvalue weighted by atomic mass is 10.1. The third-order valence-electron chi connectivity index (χ3n) is 3.85. The number of ether oxygens (including phenoxy) is 1. The Kier molecular flexibility index (Phi) is 6.79. The van der Waals surface area contributed by atoms with Crippen LogP contribution < -0.4 is 14.4 Å². The summed E-state index contributed by atoms with van der Waals surface area (Å²) in [5.41, 5.74) is 0.949. The highest BCUT2D eigenvalue weighted by atomic mass is 32.2. The molecule has 1 atom stereocenters. The molecule has 8 heteroatoms. The van der Waals surface area contributed by atoms with Crippen molar-refractivity contribution in [3.05, 3.63) is 59.9 Å². The number of rotatable bonds is 8. The van der Waals surface area contributed by atoms with Gasteiger partial charge in [-0.15, -0.1) is 0 Å². The van der Waals surface area contributed by atoms with Crippen LogP contribution in [0.2, 0.25) is 0 Å². The zero-order valence-electron chi connectivity index (χ0n) is 15.5. The molecule has 2 aromatic rings. The first-order valence-electron chi connectivity index (χ1n) is 8.46. The maximum atomic E-state index is 13.4. The van der Waals surface area contributed by atoms with Gasteiger partial charge in [0.1, 0.15) is 18.1 Å². The maximum absolute atomic E-state index is 13.4. The van der Waals surface area contributed by atoms with Crippen LogP contribution in [0, 0.1) is 5.82 Å². The standard InChI is InChI=1S/C19H23FN2O4S/c1-4-26-18-10-8-15(9-11-18)14(2)21-19(23)13-22(27(3,24)25)17-7-5-6-16(20)12-17/h5-12,14H,4,13H2,1-3H3,(H,21,23). The first kappa shape index (κ1) is 20.7. The van der Waals surface area contributed by atoms with Crippen molar-refractivity contribution in [2.75, 3.05) is 23.7 Å². The number of hydrogen-bond acceptors (Lipinski definition) is 4. The Balaban J connectivity index is 2.09. The molecule has 0 aliphatic carbocycles. The molecule has 0 radical (unpaired) electrons. The molecule has 0 spiro atoms. The number of sulfonamides is 1. The van der Waals surface area contributed by atoms with Crippen molar-refractivity contribution < 1.29 is 22.3 Å². The van der Waals surface area contributed by atoms with E-state index in [2.05, 4.69) is 5.32 Å². The van der Waals surface area contributed by atoms with Gasteiger partial charge in [-0.3, -0.25) is 9.10 Å². The van der Waals surface area contributed by atoms with Crippen LogP contribution in [-0.2, 0) is 14.8 Å². The van der Waals surface area contributed by atoms with Gasteiger partial charge in [0.05, 0.1) is 24.6 Å². The van der Waals surface area contributed by atoms with E-state index in [9.17, 15) is 17.6 Å². The van der Waals surface area contributed by atoms with Crippen molar-refractivity contribution in [1.29, 1.82) is 0 Å². The second kappa shape index (κ2) is 8.85. The second-order valence-corrected chi connectivity index (χ2v) is 7.95. The smallest absolute Gasteiger partial charge is 0.241 e. The maximum Gasteiger partial charge on any atom is 0.241 e. The molecule has 0 aliphatic rings. The number of carbonyl (C=O) groups is 1. The highest BCUT2D eigenvalue weighted by Crippen LogP contribution is 2.20. The minimum atomic E-state index is -3.75. The van der Waals surface area contributed by atoms with E-state index in [-0.39, 0.29) is 11.7 Å². The normalized spacial score (nSPS) is 12.3. The fourth-order valence-corrected chi connectivity index (χ4v) is 3.40. The fraction of sp³-hybridized carbons (Fsp3) is 0.316. The van der Waals surface area contributed by atoms with Crippen LogP contribution in [0.5, 0.6) is 5.75 Å². The number of hydrogen-bond donors (Lipinski definition) is 1. The molecule has 146 valence electrons. The molecule has 27 heavy (non-hydrogen) atoms. The molecular formula is C19H23FN2O4S. The number of amides is 1. The number of halogens is 1. The Morgan fingerprint density at radius 3 is 2.44 bits per heavy atom. The number of carbonyl (C=O) groups excluding carboxylic acids is 1. The predicted octanol–water partition coefficient (Wildman–Crippen LogP) is 2.87. The molecule has 0 fully saturated rings. The van der Waals surface area contributed by atoms with Gasteiger partial charge in [-0.25, -0.2) is 12.8 Å². The van der Waals surface area contributed by atoms with E-state index in [4.69, 9.17) is 4.74 Å². The summed E-state index contributed by atoms with van der Waals surface area (Å²) in [5.74, 6) is -0.343. The van der Waals surface area contributed by atoms with Crippen LogP contribution in [0.3, 0.4) is 0 Å². The third kappa shape index (κ3) is 5.96. The van der Waals surface area contributed by atoms with Crippen molar-refractivity contribution in [3.63, 3.8) is 0 Å². The van der Waals surface area contributed by atoms with Crippen molar-refractivity contribution in [2.45, 2.75) is 19.9 Å². The van der Waals surface area contributed by atoms with Crippen molar-refractivity contribution in [3.8, 4) is 5.75 Å². The SMILES string of the molecule is CCOc1ccc(C(C)NC(=O)CN(c2cccc(F)c2)S(C)(=O)=O)cc1. The molecule has 0 bridgehead atoms. The highest BCUT2D eigenvalue weighted by Gasteiger charge is 2.22. The molecule has 0 heterocycles. The largest absolute Gasteiger partial charge is 0.494 e. The van der Waals surface area contributed by atoms with E-state index < -0.39 is 28.3 Å². The molecule has 0 aromatic heterocycles. The van der Waals surface area contributed by atoms with Crippen LogP contribution in [-0.4, -0.2) is 33.7 Å². The van der Waals surface area contributed by atoms with Gasteiger partial charge in [-0.05, 0) is 49.7 Å². The monoisotopic (exact) mass is 394 g/mol. The Morgan fingerprint density at radius 1 is 1.22 bits per heavy atom. The van der Waals surface area contributed by atoms with Crippen LogP contribution >= 0.6 is 0 Å². The summed E-state index contributed by atoms with van der Waals surface area (Å²) in [6, 6.07) is 12.0. The van der Waals surface area contributed by atoms with Gasteiger partial charge in [0.15, 0.2) is 0 Å². The lowest BCUT2D eigenvalue weighted by Gasteiger charge is -2.23. The average molecular weight is 394 g/mol. The zero-order chi connectivity index (χ0) is 20.0. The quantitative estimate of drug-likeness (QED) is 0.747. The van der Waals surface area contributed by atoms with E-state index in [0.29, 0.717) is 6.61 Å². The van der Waals surface area contributed by atoms with Crippen LogP contribution in [0.15, 0.2) is 48.5 Å². The van der Waals surface area contributed by atoms with Crippen LogP contribution in [0.25, 0.3) is 0 Å². The minimum absolute atomic E-state index is 0.0985. The van der Waals surface area contributed by atoms with E-state index in [0.717, 1.165) is 27.9 Å². The first-order chi connectivity index (χ1) is 12.7. The summed E-state index contributed by atoms with van der Waals surface area (Å²) in [4.78, 5) is 12.4. The lowest BCUT2D eigenvalue weighted by molar-refractivity contribution is -0.120. The van der Waals surface area contributed by atoms with Gasteiger partial charge in [-0.2, -0.15) is 0 Å². The summed E-state index contributed by atoms with van der Waals surface area (Å²) in [6.07, 6.45) is 0.973. The number of nitrogens with one attached hydrogen (secondary N) is 1. The van der Waals surface area contributed by atoms with E-state index in [1.807, 2.05) is 19.1 Å². The van der Waals surface area contributed by atoms with Gasteiger partial charge in [-0.1, -0.05) is 18.2 Å². The third-order valence-corrected chi connectivity index (χ3v) is 4.99. The highest BCUT2D eigenvalue weighted by molar-refractivity contribution is 7.92. The fourth-order valence-electron chi connectivity index (χ4n) is 2.55.